The lowest BCUT2D eigenvalue weighted by Crippen LogP contribution is -2.19. The predicted molar refractivity (Wildman–Crippen MR) is 127 cm³/mol. The molecule has 0 radical (unpaired) electrons. The van der Waals surface area contributed by atoms with E-state index in [-0.39, 0.29) is 40.3 Å². The van der Waals surface area contributed by atoms with E-state index in [2.05, 4.69) is 35.8 Å². The maximum atomic E-state index is 13.1. The van der Waals surface area contributed by atoms with Gasteiger partial charge in [-0.15, -0.1) is 5.10 Å². The van der Waals surface area contributed by atoms with Crippen molar-refractivity contribution in [3.8, 4) is 40.1 Å². The number of amides is 1. The average Bonchev–Trinajstić information content (AvgIpc) is 3.51. The van der Waals surface area contributed by atoms with Crippen LogP contribution in [0.3, 0.4) is 0 Å². The van der Waals surface area contributed by atoms with Crippen LogP contribution >= 0.6 is 0 Å². The number of hydrogen-bond donors (Lipinski definition) is 3. The average molecular weight is 494 g/mol. The van der Waals surface area contributed by atoms with E-state index in [4.69, 9.17) is 19.9 Å². The summed E-state index contributed by atoms with van der Waals surface area (Å²) in [6, 6.07) is 10.0. The maximum Gasteiger partial charge on any atom is 0.294 e. The van der Waals surface area contributed by atoms with E-state index in [0.717, 1.165) is 0 Å². The van der Waals surface area contributed by atoms with Gasteiger partial charge in [0.15, 0.2) is 17.2 Å². The molecular weight excluding hydrogens is 472 g/mol. The Morgan fingerprint density at radius 1 is 1.22 bits per heavy atom. The van der Waals surface area contributed by atoms with Crippen molar-refractivity contribution >= 4 is 17.9 Å². The highest BCUT2D eigenvalue weighted by molar-refractivity contribution is 5.99. The summed E-state index contributed by atoms with van der Waals surface area (Å²) < 4.78 is 21.7. The van der Waals surface area contributed by atoms with Gasteiger partial charge in [-0.25, -0.2) is 10.1 Å². The van der Waals surface area contributed by atoms with E-state index in [1.807, 2.05) is 6.92 Å². The van der Waals surface area contributed by atoms with Crippen LogP contribution < -0.4 is 25.4 Å². The van der Waals surface area contributed by atoms with Gasteiger partial charge in [0.05, 0.1) is 27.0 Å². The van der Waals surface area contributed by atoms with E-state index < -0.39 is 5.91 Å². The molecule has 0 aliphatic carbocycles. The zero-order chi connectivity index (χ0) is 25.7. The number of phenols is 1. The first-order valence-corrected chi connectivity index (χ1v) is 10.5. The first kappa shape index (κ1) is 24.0. The fourth-order valence-electron chi connectivity index (χ4n) is 3.29. The Labute approximate surface area is 204 Å². The third-order valence-electron chi connectivity index (χ3n) is 4.88. The van der Waals surface area contributed by atoms with E-state index in [0.29, 0.717) is 23.5 Å². The number of methoxy groups -OCH3 is 2. The Hall–Kier alpha value is -5.14. The van der Waals surface area contributed by atoms with Crippen LogP contribution in [0.2, 0.25) is 0 Å². The minimum absolute atomic E-state index is 0.0395. The molecule has 2 heterocycles. The van der Waals surface area contributed by atoms with Crippen molar-refractivity contribution in [2.24, 2.45) is 5.10 Å². The molecule has 0 unspecified atom stereocenters. The predicted octanol–water partition coefficient (Wildman–Crippen LogP) is 1.78. The molecule has 1 amide bonds. The summed E-state index contributed by atoms with van der Waals surface area (Å²) in [5.74, 6) is 0.141. The number of nitrogen functional groups attached to an aromatic ring is 1. The van der Waals surface area contributed by atoms with Crippen LogP contribution in [0.4, 0.5) is 5.82 Å². The zero-order valence-electron chi connectivity index (χ0n) is 19.5. The van der Waals surface area contributed by atoms with Gasteiger partial charge in [0, 0.05) is 11.1 Å². The number of ether oxygens (including phenoxy) is 3. The SMILES string of the molecule is CCOc1cccc(-c2c(C(=O)NN=Cc3cc(OC)c(O)c(OC)c3)nnn2-c2nonc2N)c1. The highest BCUT2D eigenvalue weighted by Crippen LogP contribution is 2.36. The third-order valence-corrected chi connectivity index (χ3v) is 4.88. The van der Waals surface area contributed by atoms with Gasteiger partial charge in [-0.1, -0.05) is 17.3 Å². The number of hydrogen-bond acceptors (Lipinski definition) is 12. The number of carbonyl (C=O) groups is 1. The number of rotatable bonds is 9. The van der Waals surface area contributed by atoms with Gasteiger partial charge < -0.3 is 25.1 Å². The van der Waals surface area contributed by atoms with Crippen LogP contribution in [0.1, 0.15) is 23.0 Å². The molecule has 0 aliphatic heterocycles. The summed E-state index contributed by atoms with van der Waals surface area (Å²) in [7, 11) is 2.81. The van der Waals surface area contributed by atoms with Crippen molar-refractivity contribution in [2.45, 2.75) is 6.92 Å². The Morgan fingerprint density at radius 3 is 2.61 bits per heavy atom. The van der Waals surface area contributed by atoms with Crippen molar-refractivity contribution in [1.82, 2.24) is 30.7 Å². The number of nitrogens with zero attached hydrogens (tertiary/aromatic N) is 6. The van der Waals surface area contributed by atoms with Crippen LogP contribution in [0.15, 0.2) is 46.1 Å². The van der Waals surface area contributed by atoms with Gasteiger partial charge >= 0.3 is 0 Å². The van der Waals surface area contributed by atoms with E-state index in [1.165, 1.54) is 37.2 Å². The largest absolute Gasteiger partial charge is 0.502 e. The number of hydrazone groups is 1. The fraction of sp³-hybridized carbons (Fsp3) is 0.182. The number of aromatic hydroxyl groups is 1. The van der Waals surface area contributed by atoms with E-state index >= 15 is 0 Å². The molecule has 4 rings (SSSR count). The molecule has 36 heavy (non-hydrogen) atoms. The molecule has 4 aromatic rings. The molecule has 0 atom stereocenters. The highest BCUT2D eigenvalue weighted by atomic mass is 16.6. The Bertz CT molecular complexity index is 1390. The van der Waals surface area contributed by atoms with Gasteiger partial charge in [-0.3, -0.25) is 4.79 Å². The summed E-state index contributed by atoms with van der Waals surface area (Å²) in [6.45, 7) is 2.31. The topological polar surface area (TPSA) is 185 Å². The molecule has 0 bridgehead atoms. The molecule has 0 saturated carbocycles. The Morgan fingerprint density at radius 2 is 1.97 bits per heavy atom. The Kier molecular flexibility index (Phi) is 6.95. The van der Waals surface area contributed by atoms with Gasteiger partial charge in [-0.2, -0.15) is 9.78 Å². The molecule has 4 N–H and O–H groups in total. The van der Waals surface area contributed by atoms with Crippen LogP contribution in [-0.4, -0.2) is 63.4 Å². The maximum absolute atomic E-state index is 13.1. The first-order chi connectivity index (χ1) is 17.5. The number of nitrogens with two attached hydrogens (primary N) is 1. The number of nitrogens with one attached hydrogen (secondary N) is 1. The number of phenolic OH excluding ortho intramolecular Hbond substituents is 1. The fourth-order valence-corrected chi connectivity index (χ4v) is 3.29. The summed E-state index contributed by atoms with van der Waals surface area (Å²) >= 11 is 0. The van der Waals surface area contributed by atoms with Crippen molar-refractivity contribution in [2.75, 3.05) is 26.6 Å². The smallest absolute Gasteiger partial charge is 0.294 e. The summed E-state index contributed by atoms with van der Waals surface area (Å²) in [4.78, 5) is 13.1. The lowest BCUT2D eigenvalue weighted by atomic mass is 10.1. The summed E-state index contributed by atoms with van der Waals surface area (Å²) in [5, 5.41) is 29.4. The molecular formula is C22H22N8O6. The highest BCUT2D eigenvalue weighted by Gasteiger charge is 2.25. The number of aromatic nitrogens is 5. The molecule has 14 nitrogen and oxygen atoms in total. The van der Waals surface area contributed by atoms with Crippen molar-refractivity contribution in [3.05, 3.63) is 47.7 Å². The van der Waals surface area contributed by atoms with Gasteiger partial charge in [0.25, 0.3) is 5.91 Å². The second kappa shape index (κ2) is 10.4. The summed E-state index contributed by atoms with van der Waals surface area (Å²) in [5.41, 5.74) is 9.50. The zero-order valence-corrected chi connectivity index (χ0v) is 19.5. The number of anilines is 1. The van der Waals surface area contributed by atoms with Crippen molar-refractivity contribution in [1.29, 1.82) is 0 Å². The molecule has 0 aliphatic rings. The standard InChI is InChI=1S/C22H22N8O6/c1-4-35-14-7-5-6-13(10-14)18-17(25-29-30(18)21-20(23)27-36-28-21)22(32)26-24-11-12-8-15(33-2)19(31)16(9-12)34-3/h5-11,31H,4H2,1-3H3,(H2,23,27)(H,26,32). The minimum Gasteiger partial charge on any atom is -0.502 e. The van der Waals surface area contributed by atoms with Gasteiger partial charge in [-0.05, 0) is 41.5 Å². The van der Waals surface area contributed by atoms with Crippen LogP contribution in [0, 0.1) is 0 Å². The van der Waals surface area contributed by atoms with Crippen LogP contribution in [0.25, 0.3) is 17.1 Å². The number of benzene rings is 2. The molecule has 2 aromatic carbocycles. The summed E-state index contributed by atoms with van der Waals surface area (Å²) in [6.07, 6.45) is 1.35. The molecule has 2 aromatic heterocycles. The number of carbonyl (C=O) groups excluding carboxylic acids is 1. The normalized spacial score (nSPS) is 11.0. The first-order valence-electron chi connectivity index (χ1n) is 10.5. The Balaban J connectivity index is 1.68. The second-order valence-corrected chi connectivity index (χ2v) is 7.11. The van der Waals surface area contributed by atoms with Crippen molar-refractivity contribution in [3.63, 3.8) is 0 Å². The van der Waals surface area contributed by atoms with Crippen LogP contribution in [0.5, 0.6) is 23.0 Å². The minimum atomic E-state index is -0.665. The van der Waals surface area contributed by atoms with E-state index in [1.54, 1.807) is 24.3 Å². The second-order valence-electron chi connectivity index (χ2n) is 7.11. The molecule has 0 saturated heterocycles. The molecule has 0 spiro atoms. The third kappa shape index (κ3) is 4.72. The lowest BCUT2D eigenvalue weighted by molar-refractivity contribution is 0.0950. The molecule has 0 fully saturated rings. The van der Waals surface area contributed by atoms with Gasteiger partial charge in [0.2, 0.25) is 17.4 Å². The van der Waals surface area contributed by atoms with Gasteiger partial charge in [0.1, 0.15) is 11.4 Å². The van der Waals surface area contributed by atoms with Crippen molar-refractivity contribution < 1.29 is 28.7 Å². The van der Waals surface area contributed by atoms with Crippen LogP contribution in [-0.2, 0) is 0 Å². The molecule has 14 heteroatoms. The lowest BCUT2D eigenvalue weighted by Gasteiger charge is -2.09. The van der Waals surface area contributed by atoms with E-state index in [9.17, 15) is 9.90 Å². The molecule has 186 valence electrons. The quantitative estimate of drug-likeness (QED) is 0.227. The monoisotopic (exact) mass is 494 g/mol.